The third-order valence-electron chi connectivity index (χ3n) is 12.0. The molecule has 0 aliphatic carbocycles. The molecule has 2 aliphatic rings. The number of halogens is 4. The van der Waals surface area contributed by atoms with Crippen molar-refractivity contribution in [3.8, 4) is 5.75 Å². The Bertz CT molecular complexity index is 2690. The largest absolute Gasteiger partial charge is 0.497 e. The van der Waals surface area contributed by atoms with Crippen molar-refractivity contribution >= 4 is 66.1 Å². The van der Waals surface area contributed by atoms with Crippen molar-refractivity contribution in [2.24, 2.45) is 0 Å². The van der Waals surface area contributed by atoms with Gasteiger partial charge in [0.15, 0.2) is 0 Å². The quantitative estimate of drug-likeness (QED) is 0.0556. The molecule has 13 nitrogen and oxygen atoms in total. The summed E-state index contributed by atoms with van der Waals surface area (Å²) in [5.74, 6) is 0.0667. The highest BCUT2D eigenvalue weighted by Gasteiger charge is 2.33. The molecule has 21 heteroatoms. The zero-order valence-corrected chi connectivity index (χ0v) is 43.1. The van der Waals surface area contributed by atoms with Crippen molar-refractivity contribution in [1.29, 1.82) is 0 Å². The molecule has 0 unspecified atom stereocenters. The van der Waals surface area contributed by atoms with E-state index in [1.165, 1.54) is 60.6 Å². The first kappa shape index (κ1) is 54.9. The van der Waals surface area contributed by atoms with Gasteiger partial charge in [0.25, 0.3) is 31.9 Å². The van der Waals surface area contributed by atoms with E-state index in [0.717, 1.165) is 53.3 Å². The Morgan fingerprint density at radius 2 is 1.20 bits per heavy atom. The third-order valence-corrected chi connectivity index (χ3v) is 19.1. The molecule has 2 amide bonds. The summed E-state index contributed by atoms with van der Waals surface area (Å²) < 4.78 is 99.3. The number of rotatable bonds is 20. The van der Waals surface area contributed by atoms with Gasteiger partial charge in [-0.05, 0) is 123 Å². The minimum Gasteiger partial charge on any atom is -0.497 e. The van der Waals surface area contributed by atoms with E-state index in [9.17, 15) is 39.6 Å². The number of carbonyl (C=O) groups excluding carboxylic acids is 2. The Labute approximate surface area is 422 Å². The molecule has 5 aromatic rings. The number of amides is 2. The van der Waals surface area contributed by atoms with Crippen LogP contribution in [0.5, 0.6) is 5.75 Å². The SMILES string of the molecule is CCCCCCNC1CCN(S(=O)(=O)c2ccc(CNC(=O)c3ccc(Cl)cc3)s2)CC1.COc1cccc(C(=O)NCc2ccc(S(=O)(=O)N3CCC(NCc4ccc(C(F)(F)F)cc4)CC3)s2)c1. The number of benzene rings is 3. The number of thiophene rings is 2. The van der Waals surface area contributed by atoms with Crippen LogP contribution in [0.4, 0.5) is 13.2 Å². The molecule has 7 rings (SSSR count). The number of methoxy groups -OCH3 is 1. The maximum Gasteiger partial charge on any atom is 0.416 e. The van der Waals surface area contributed by atoms with E-state index in [1.54, 1.807) is 77.1 Å². The lowest BCUT2D eigenvalue weighted by Crippen LogP contribution is -2.44. The number of piperidine rings is 2. The van der Waals surface area contributed by atoms with Crippen LogP contribution in [-0.2, 0) is 45.9 Å². The zero-order valence-electron chi connectivity index (χ0n) is 39.1. The number of unbranched alkanes of at least 4 members (excludes halogenated alkanes) is 3. The fourth-order valence-electron chi connectivity index (χ4n) is 7.88. The monoisotopic (exact) mass is 1060 g/mol. The molecule has 0 bridgehead atoms. The fourth-order valence-corrected chi connectivity index (χ4v) is 13.8. The van der Waals surface area contributed by atoms with Gasteiger partial charge >= 0.3 is 6.18 Å². The molecule has 0 atom stereocenters. The summed E-state index contributed by atoms with van der Waals surface area (Å²) in [6, 6.07) is 25.5. The van der Waals surface area contributed by atoms with Crippen molar-refractivity contribution in [2.75, 3.05) is 39.8 Å². The highest BCUT2D eigenvalue weighted by Crippen LogP contribution is 2.31. The Morgan fingerprint density at radius 1 is 0.671 bits per heavy atom. The fraction of sp³-hybridized carbons (Fsp3) is 0.429. The smallest absolute Gasteiger partial charge is 0.416 e. The van der Waals surface area contributed by atoms with E-state index in [4.69, 9.17) is 16.3 Å². The number of hydrogen-bond donors (Lipinski definition) is 4. The van der Waals surface area contributed by atoms with Crippen LogP contribution in [0.15, 0.2) is 105 Å². The van der Waals surface area contributed by atoms with Crippen LogP contribution in [0, 0.1) is 0 Å². The first-order valence-corrected chi connectivity index (χ1v) is 28.1. The lowest BCUT2D eigenvalue weighted by atomic mass is 10.1. The molecular weight excluding hydrogens is 1010 g/mol. The van der Waals surface area contributed by atoms with Gasteiger partial charge in [-0.2, -0.15) is 21.8 Å². The Morgan fingerprint density at radius 3 is 1.71 bits per heavy atom. The van der Waals surface area contributed by atoms with Crippen LogP contribution in [0.1, 0.15) is 99.9 Å². The van der Waals surface area contributed by atoms with E-state index in [2.05, 4.69) is 28.2 Å². The molecule has 2 aromatic heterocycles. The molecule has 2 aliphatic heterocycles. The van der Waals surface area contributed by atoms with Gasteiger partial charge in [0.2, 0.25) is 0 Å². The average molecular weight is 1070 g/mol. The van der Waals surface area contributed by atoms with Crippen LogP contribution in [-0.4, -0.2) is 89.2 Å². The predicted molar refractivity (Wildman–Crippen MR) is 269 cm³/mol. The van der Waals surface area contributed by atoms with Gasteiger partial charge in [0, 0.05) is 70.7 Å². The summed E-state index contributed by atoms with van der Waals surface area (Å²) in [6.07, 6.45) is 3.42. The standard InChI is InChI=1S/C26H28F3N3O4S2.C23H32ClN3O3S2/c1-36-22-4-2-3-19(15-22)25(33)31-17-23-9-10-24(37-23)38(34,35)32-13-11-21(12-14-32)30-16-18-5-7-20(8-6-18)26(27,28)29;1-2-3-4-5-14-25-20-12-15-27(16-13-20)32(29,30)22-11-10-21(31-22)17-26-23(28)18-6-8-19(24)9-7-18/h2-10,15,21,30H,11-14,16-17H2,1H3,(H,31,33);6-11,20,25H,2-5,12-17H2,1H3,(H,26,28). The van der Waals surface area contributed by atoms with E-state index in [1.807, 2.05) is 0 Å². The van der Waals surface area contributed by atoms with Crippen molar-refractivity contribution in [3.63, 3.8) is 0 Å². The molecule has 380 valence electrons. The predicted octanol–water partition coefficient (Wildman–Crippen LogP) is 9.30. The van der Waals surface area contributed by atoms with Gasteiger partial charge in [-0.3, -0.25) is 9.59 Å². The van der Waals surface area contributed by atoms with Crippen LogP contribution in [0.25, 0.3) is 0 Å². The Kier molecular flexibility index (Phi) is 20.3. The van der Waals surface area contributed by atoms with Crippen LogP contribution < -0.4 is 26.0 Å². The second-order valence-corrected chi connectivity index (χ2v) is 24.1. The summed E-state index contributed by atoms with van der Waals surface area (Å²) in [5, 5.41) is 13.1. The number of nitrogens with zero attached hydrogens (tertiary/aromatic N) is 2. The zero-order chi connectivity index (χ0) is 50.3. The van der Waals surface area contributed by atoms with Gasteiger partial charge < -0.3 is 26.0 Å². The van der Waals surface area contributed by atoms with Gasteiger partial charge in [-0.25, -0.2) is 16.8 Å². The third kappa shape index (κ3) is 15.8. The minimum atomic E-state index is -4.36. The number of ether oxygens (including phenoxy) is 1. The van der Waals surface area contributed by atoms with Crippen molar-refractivity contribution in [1.82, 2.24) is 29.9 Å². The second kappa shape index (κ2) is 25.8. The van der Waals surface area contributed by atoms with Crippen LogP contribution >= 0.6 is 34.3 Å². The summed E-state index contributed by atoms with van der Waals surface area (Å²) in [6.45, 7) is 5.86. The average Bonchev–Trinajstić information content (AvgIpc) is 4.07. The topological polar surface area (TPSA) is 166 Å². The summed E-state index contributed by atoms with van der Waals surface area (Å²) in [7, 11) is -5.64. The lowest BCUT2D eigenvalue weighted by molar-refractivity contribution is -0.137. The molecule has 0 saturated carbocycles. The Balaban J connectivity index is 0.000000233. The molecule has 4 heterocycles. The first-order chi connectivity index (χ1) is 33.5. The number of alkyl halides is 3. The highest BCUT2D eigenvalue weighted by molar-refractivity contribution is 7.91. The number of hydrogen-bond acceptors (Lipinski definition) is 11. The summed E-state index contributed by atoms with van der Waals surface area (Å²) in [5.41, 5.74) is 1.01. The molecule has 3 aromatic carbocycles. The van der Waals surface area contributed by atoms with Crippen LogP contribution in [0.3, 0.4) is 0 Å². The van der Waals surface area contributed by atoms with Gasteiger partial charge in [-0.1, -0.05) is 56.0 Å². The number of sulfonamides is 2. The first-order valence-electron chi connectivity index (χ1n) is 23.2. The highest BCUT2D eigenvalue weighted by atomic mass is 35.5. The molecule has 4 N–H and O–H groups in total. The molecular formula is C49H60ClF3N6O7S4. The molecule has 2 saturated heterocycles. The van der Waals surface area contributed by atoms with Crippen molar-refractivity contribution in [2.45, 2.75) is 105 Å². The summed E-state index contributed by atoms with van der Waals surface area (Å²) in [4.78, 5) is 26.2. The number of nitrogens with one attached hydrogen (secondary N) is 4. The number of carbonyl (C=O) groups is 2. The van der Waals surface area contributed by atoms with Gasteiger partial charge in [0.05, 0.1) is 25.8 Å². The normalized spacial score (nSPS) is 15.5. The van der Waals surface area contributed by atoms with Crippen molar-refractivity contribution < 1.29 is 44.3 Å². The molecule has 2 fully saturated rings. The Hall–Kier alpha value is -4.38. The molecule has 0 spiro atoms. The van der Waals surface area contributed by atoms with E-state index in [-0.39, 0.29) is 35.2 Å². The summed E-state index contributed by atoms with van der Waals surface area (Å²) >= 11 is 8.19. The lowest BCUT2D eigenvalue weighted by Gasteiger charge is -2.31. The molecule has 0 radical (unpaired) electrons. The molecule has 70 heavy (non-hydrogen) atoms. The van der Waals surface area contributed by atoms with E-state index >= 15 is 0 Å². The van der Waals surface area contributed by atoms with Crippen LogP contribution in [0.2, 0.25) is 5.02 Å². The maximum atomic E-state index is 13.2. The van der Waals surface area contributed by atoms with E-state index < -0.39 is 31.8 Å². The second-order valence-electron chi connectivity index (χ2n) is 17.0. The van der Waals surface area contributed by atoms with Gasteiger partial charge in [0.1, 0.15) is 14.2 Å². The maximum absolute atomic E-state index is 13.2. The van der Waals surface area contributed by atoms with Gasteiger partial charge in [-0.15, -0.1) is 22.7 Å². The minimum absolute atomic E-state index is 0.0643. The van der Waals surface area contributed by atoms with Crippen molar-refractivity contribution in [3.05, 3.63) is 134 Å². The van der Waals surface area contributed by atoms with E-state index in [0.29, 0.717) is 82.6 Å².